The van der Waals surface area contributed by atoms with Crippen LogP contribution in [0.5, 0.6) is 0 Å². The molecule has 3 nitrogen and oxygen atoms in total. The molecule has 78 valence electrons. The highest BCUT2D eigenvalue weighted by atomic mass is 16.4. The van der Waals surface area contributed by atoms with Crippen molar-refractivity contribution in [3.63, 3.8) is 0 Å². The molecule has 0 unspecified atom stereocenters. The fourth-order valence-electron chi connectivity index (χ4n) is 4.22. The van der Waals surface area contributed by atoms with E-state index in [0.29, 0.717) is 10.8 Å². The zero-order valence-electron chi connectivity index (χ0n) is 8.20. The summed E-state index contributed by atoms with van der Waals surface area (Å²) in [7, 11) is 0. The molecular formula is C11H16O3. The molecule has 3 saturated carbocycles. The molecule has 0 radical (unpaired) electrons. The number of carbonyl (C=O) groups is 1. The predicted molar refractivity (Wildman–Crippen MR) is 49.7 cm³/mol. The van der Waals surface area contributed by atoms with Crippen LogP contribution in [0.1, 0.15) is 38.5 Å². The lowest BCUT2D eigenvalue weighted by molar-refractivity contribution is -0.205. The minimum absolute atomic E-state index is 0.0669. The number of rotatable bonds is 1. The second-order valence-electron chi connectivity index (χ2n) is 5.86. The van der Waals surface area contributed by atoms with Crippen molar-refractivity contribution in [1.29, 1.82) is 0 Å². The summed E-state index contributed by atoms with van der Waals surface area (Å²) in [4.78, 5) is 10.7. The maximum atomic E-state index is 10.7. The van der Waals surface area contributed by atoms with Crippen molar-refractivity contribution in [3.05, 3.63) is 0 Å². The second kappa shape index (κ2) is 2.32. The first-order chi connectivity index (χ1) is 6.53. The number of aliphatic hydroxyl groups excluding tert-OH is 1. The molecule has 0 aromatic carbocycles. The van der Waals surface area contributed by atoms with Crippen LogP contribution < -0.4 is 0 Å². The van der Waals surface area contributed by atoms with E-state index in [0.717, 1.165) is 25.7 Å². The Hall–Kier alpha value is -0.570. The number of hydrogen-bond acceptors (Lipinski definition) is 2. The average Bonchev–Trinajstić information content (AvgIpc) is 1.87. The Labute approximate surface area is 83.1 Å². The van der Waals surface area contributed by atoms with Gasteiger partial charge in [-0.25, -0.2) is 0 Å². The van der Waals surface area contributed by atoms with Crippen molar-refractivity contribution in [3.8, 4) is 0 Å². The molecular weight excluding hydrogens is 180 g/mol. The lowest BCUT2D eigenvalue weighted by Gasteiger charge is -2.67. The molecule has 14 heavy (non-hydrogen) atoms. The molecule has 3 fully saturated rings. The molecule has 2 N–H and O–H groups in total. The van der Waals surface area contributed by atoms with Gasteiger partial charge in [-0.1, -0.05) is 0 Å². The van der Waals surface area contributed by atoms with Gasteiger partial charge in [0.15, 0.2) is 0 Å². The van der Waals surface area contributed by atoms with Crippen molar-refractivity contribution >= 4 is 5.97 Å². The molecule has 0 bridgehead atoms. The van der Waals surface area contributed by atoms with E-state index in [2.05, 4.69) is 0 Å². The Balaban J connectivity index is 1.54. The number of hydrogen-bond donors (Lipinski definition) is 2. The number of aliphatic carboxylic acids is 1. The highest BCUT2D eigenvalue weighted by molar-refractivity contribution is 5.71. The number of carboxylic acids is 1. The van der Waals surface area contributed by atoms with Gasteiger partial charge in [0.1, 0.15) is 0 Å². The minimum atomic E-state index is -0.620. The smallest absolute Gasteiger partial charge is 0.306 e. The molecule has 0 saturated heterocycles. The normalized spacial score (nSPS) is 54.9. The van der Waals surface area contributed by atoms with E-state index < -0.39 is 5.97 Å². The van der Waals surface area contributed by atoms with E-state index in [9.17, 15) is 9.90 Å². The molecule has 3 aliphatic rings. The Bertz CT molecular complexity index is 275. The standard InChI is InChI=1S/C11H16O3/c12-8-3-11(4-8)5-10(6-11)1-7(2-10)9(13)14/h7-8,12H,1-6H2,(H,13,14). The van der Waals surface area contributed by atoms with Gasteiger partial charge in [0.25, 0.3) is 0 Å². The van der Waals surface area contributed by atoms with Crippen LogP contribution >= 0.6 is 0 Å². The molecule has 0 heterocycles. The van der Waals surface area contributed by atoms with Gasteiger partial charge >= 0.3 is 5.97 Å². The molecule has 0 aromatic heterocycles. The average molecular weight is 196 g/mol. The second-order valence-corrected chi connectivity index (χ2v) is 5.86. The number of carboxylic acid groups (broad SMARTS) is 1. The van der Waals surface area contributed by atoms with Gasteiger partial charge in [-0.3, -0.25) is 4.79 Å². The van der Waals surface area contributed by atoms with Crippen LogP contribution in [0.15, 0.2) is 0 Å². The first-order valence-corrected chi connectivity index (χ1v) is 5.44. The van der Waals surface area contributed by atoms with E-state index >= 15 is 0 Å². The van der Waals surface area contributed by atoms with E-state index in [1.807, 2.05) is 0 Å². The van der Waals surface area contributed by atoms with Crippen LogP contribution in [0.25, 0.3) is 0 Å². The molecule has 0 atom stereocenters. The van der Waals surface area contributed by atoms with Crippen LogP contribution in [-0.2, 0) is 4.79 Å². The summed E-state index contributed by atoms with van der Waals surface area (Å²) in [5.74, 6) is -0.692. The largest absolute Gasteiger partial charge is 0.481 e. The van der Waals surface area contributed by atoms with Gasteiger partial charge in [0.05, 0.1) is 12.0 Å². The Kier molecular flexibility index (Phi) is 1.45. The number of aliphatic hydroxyl groups is 1. The predicted octanol–water partition coefficient (Wildman–Crippen LogP) is 1.40. The quantitative estimate of drug-likeness (QED) is 0.666. The SMILES string of the molecule is O=C(O)C1CC2(C1)CC1(CC(O)C1)C2. The van der Waals surface area contributed by atoms with E-state index in [4.69, 9.17) is 5.11 Å². The minimum Gasteiger partial charge on any atom is -0.481 e. The molecule has 0 aromatic rings. The van der Waals surface area contributed by atoms with Crippen molar-refractivity contribution < 1.29 is 15.0 Å². The fraction of sp³-hybridized carbons (Fsp3) is 0.909. The molecule has 2 spiro atoms. The van der Waals surface area contributed by atoms with Crippen LogP contribution in [0, 0.1) is 16.7 Å². The van der Waals surface area contributed by atoms with Crippen LogP contribution in [-0.4, -0.2) is 22.3 Å². The summed E-state index contributed by atoms with van der Waals surface area (Å²) in [5, 5.41) is 18.0. The van der Waals surface area contributed by atoms with Crippen molar-refractivity contribution in [2.75, 3.05) is 0 Å². The first kappa shape index (κ1) is 8.72. The van der Waals surface area contributed by atoms with Gasteiger partial charge in [-0.15, -0.1) is 0 Å². The third-order valence-corrected chi connectivity index (χ3v) is 4.55. The summed E-state index contributed by atoms with van der Waals surface area (Å²) in [6.07, 6.45) is 6.00. The van der Waals surface area contributed by atoms with Gasteiger partial charge < -0.3 is 10.2 Å². The lowest BCUT2D eigenvalue weighted by atomic mass is 9.38. The third-order valence-electron chi connectivity index (χ3n) is 4.55. The van der Waals surface area contributed by atoms with E-state index in [1.54, 1.807) is 0 Å². The summed E-state index contributed by atoms with van der Waals surface area (Å²) in [6, 6.07) is 0. The summed E-state index contributed by atoms with van der Waals surface area (Å²) < 4.78 is 0. The molecule has 3 rings (SSSR count). The van der Waals surface area contributed by atoms with Crippen molar-refractivity contribution in [2.45, 2.75) is 44.6 Å². The van der Waals surface area contributed by atoms with Crippen molar-refractivity contribution in [1.82, 2.24) is 0 Å². The summed E-state index contributed by atoms with van der Waals surface area (Å²) in [5.41, 5.74) is 0.812. The van der Waals surface area contributed by atoms with Gasteiger partial charge in [0, 0.05) is 0 Å². The van der Waals surface area contributed by atoms with E-state index in [-0.39, 0.29) is 12.0 Å². The first-order valence-electron chi connectivity index (χ1n) is 5.44. The Morgan fingerprint density at radius 1 is 1.07 bits per heavy atom. The van der Waals surface area contributed by atoms with E-state index in [1.165, 1.54) is 12.8 Å². The summed E-state index contributed by atoms with van der Waals surface area (Å²) in [6.45, 7) is 0. The Morgan fingerprint density at radius 2 is 1.57 bits per heavy atom. The third kappa shape index (κ3) is 0.991. The molecule has 0 amide bonds. The molecule has 3 heteroatoms. The van der Waals surface area contributed by atoms with Crippen LogP contribution in [0.4, 0.5) is 0 Å². The lowest BCUT2D eigenvalue weighted by Crippen LogP contribution is -2.60. The van der Waals surface area contributed by atoms with Crippen molar-refractivity contribution in [2.24, 2.45) is 16.7 Å². The van der Waals surface area contributed by atoms with Crippen LogP contribution in [0.3, 0.4) is 0 Å². The highest BCUT2D eigenvalue weighted by Gasteiger charge is 2.64. The fourth-order valence-corrected chi connectivity index (χ4v) is 4.22. The van der Waals surface area contributed by atoms with Gasteiger partial charge in [-0.05, 0) is 49.4 Å². The maximum Gasteiger partial charge on any atom is 0.306 e. The topological polar surface area (TPSA) is 57.5 Å². The monoisotopic (exact) mass is 196 g/mol. The Morgan fingerprint density at radius 3 is 2.00 bits per heavy atom. The van der Waals surface area contributed by atoms with Crippen LogP contribution in [0.2, 0.25) is 0 Å². The highest BCUT2D eigenvalue weighted by Crippen LogP contribution is 2.72. The molecule has 0 aliphatic heterocycles. The molecule has 3 aliphatic carbocycles. The van der Waals surface area contributed by atoms with Gasteiger partial charge in [0.2, 0.25) is 0 Å². The maximum absolute atomic E-state index is 10.7. The van der Waals surface area contributed by atoms with Gasteiger partial charge in [-0.2, -0.15) is 0 Å². The zero-order valence-corrected chi connectivity index (χ0v) is 8.20. The zero-order chi connectivity index (χ0) is 9.97. The summed E-state index contributed by atoms with van der Waals surface area (Å²) >= 11 is 0.